The number of aromatic nitrogens is 3. The summed E-state index contributed by atoms with van der Waals surface area (Å²) in [6.45, 7) is 0.477. The molecule has 0 aliphatic carbocycles. The molecule has 12 heteroatoms. The fraction of sp³-hybridized carbons (Fsp3) is 0.192. The zero-order valence-corrected chi connectivity index (χ0v) is 20.5. The van der Waals surface area contributed by atoms with E-state index in [0.29, 0.717) is 35.0 Å². The SMILES string of the molecule is COCCOc1nc(-c2ccc(C(F)(F)F)cc2)n(-c2cccc(NC(=O)Nc3cccc(OC)c3)c2)n1. The molecule has 0 aliphatic heterocycles. The van der Waals surface area contributed by atoms with Crippen molar-refractivity contribution < 1.29 is 32.2 Å². The molecule has 2 N–H and O–H groups in total. The molecule has 9 nitrogen and oxygen atoms in total. The Kier molecular flexibility index (Phi) is 8.12. The molecule has 4 aromatic rings. The highest BCUT2D eigenvalue weighted by molar-refractivity contribution is 6.00. The average Bonchev–Trinajstić information content (AvgIpc) is 3.33. The molecule has 1 aromatic heterocycles. The third kappa shape index (κ3) is 6.59. The van der Waals surface area contributed by atoms with Gasteiger partial charge in [0.2, 0.25) is 0 Å². The van der Waals surface area contributed by atoms with Gasteiger partial charge in [-0.2, -0.15) is 18.2 Å². The van der Waals surface area contributed by atoms with Crippen LogP contribution in [0.4, 0.5) is 29.3 Å². The summed E-state index contributed by atoms with van der Waals surface area (Å²) in [6, 6.07) is 17.7. The second kappa shape index (κ2) is 11.6. The van der Waals surface area contributed by atoms with Crippen LogP contribution in [0.25, 0.3) is 17.1 Å². The molecule has 0 radical (unpaired) electrons. The molecular formula is C26H24F3N5O4. The number of benzene rings is 3. The van der Waals surface area contributed by atoms with E-state index in [1.54, 1.807) is 48.5 Å². The molecule has 1 heterocycles. The van der Waals surface area contributed by atoms with Crippen LogP contribution in [0.1, 0.15) is 5.56 Å². The van der Waals surface area contributed by atoms with Crippen LogP contribution in [0, 0.1) is 0 Å². The number of rotatable bonds is 9. The Bertz CT molecular complexity index is 1390. The van der Waals surface area contributed by atoms with Crippen molar-refractivity contribution >= 4 is 17.4 Å². The largest absolute Gasteiger partial charge is 0.497 e. The molecule has 0 bridgehead atoms. The summed E-state index contributed by atoms with van der Waals surface area (Å²) in [6.07, 6.45) is -4.47. The van der Waals surface area contributed by atoms with Crippen LogP contribution in [-0.2, 0) is 10.9 Å². The fourth-order valence-corrected chi connectivity index (χ4v) is 3.46. The minimum Gasteiger partial charge on any atom is -0.497 e. The molecular weight excluding hydrogens is 503 g/mol. The van der Waals surface area contributed by atoms with Crippen molar-refractivity contribution in [1.82, 2.24) is 14.8 Å². The fourth-order valence-electron chi connectivity index (χ4n) is 3.46. The van der Waals surface area contributed by atoms with Crippen LogP contribution in [0.15, 0.2) is 72.8 Å². The zero-order chi connectivity index (χ0) is 27.1. The topological polar surface area (TPSA) is 99.5 Å². The van der Waals surface area contributed by atoms with E-state index in [1.165, 1.54) is 31.0 Å². The van der Waals surface area contributed by atoms with Crippen molar-refractivity contribution in [2.45, 2.75) is 6.18 Å². The van der Waals surface area contributed by atoms with Gasteiger partial charge < -0.3 is 24.8 Å². The maximum atomic E-state index is 13.1. The maximum absolute atomic E-state index is 13.1. The van der Waals surface area contributed by atoms with E-state index in [0.717, 1.165) is 12.1 Å². The van der Waals surface area contributed by atoms with Crippen LogP contribution >= 0.6 is 0 Å². The van der Waals surface area contributed by atoms with Crippen LogP contribution < -0.4 is 20.1 Å². The predicted molar refractivity (Wildman–Crippen MR) is 135 cm³/mol. The van der Waals surface area contributed by atoms with E-state index in [4.69, 9.17) is 14.2 Å². The van der Waals surface area contributed by atoms with Crippen molar-refractivity contribution in [3.63, 3.8) is 0 Å². The smallest absolute Gasteiger partial charge is 0.416 e. The van der Waals surface area contributed by atoms with Gasteiger partial charge in [0.1, 0.15) is 12.4 Å². The van der Waals surface area contributed by atoms with Crippen LogP contribution in [0.5, 0.6) is 11.8 Å². The van der Waals surface area contributed by atoms with Gasteiger partial charge in [0.25, 0.3) is 0 Å². The van der Waals surface area contributed by atoms with Gasteiger partial charge >= 0.3 is 18.2 Å². The number of nitrogens with zero attached hydrogens (tertiary/aromatic N) is 3. The summed E-state index contributed by atoms with van der Waals surface area (Å²) in [5.41, 5.74) is 1.09. The quantitative estimate of drug-likeness (QED) is 0.274. The van der Waals surface area contributed by atoms with Crippen molar-refractivity contribution in [1.29, 1.82) is 0 Å². The molecule has 0 unspecified atom stereocenters. The number of ether oxygens (including phenoxy) is 3. The van der Waals surface area contributed by atoms with E-state index < -0.39 is 17.8 Å². The number of hydrogen-bond donors (Lipinski definition) is 2. The first-order valence-corrected chi connectivity index (χ1v) is 11.4. The first-order chi connectivity index (χ1) is 18.3. The second-order valence-electron chi connectivity index (χ2n) is 7.91. The first-order valence-electron chi connectivity index (χ1n) is 11.4. The lowest BCUT2D eigenvalue weighted by molar-refractivity contribution is -0.137. The Morgan fingerprint density at radius 3 is 2.26 bits per heavy atom. The minimum atomic E-state index is -4.47. The first kappa shape index (κ1) is 26.5. The number of amides is 2. The summed E-state index contributed by atoms with van der Waals surface area (Å²) in [4.78, 5) is 16.9. The molecule has 198 valence electrons. The lowest BCUT2D eigenvalue weighted by Crippen LogP contribution is -2.19. The van der Waals surface area contributed by atoms with Crippen molar-refractivity contribution in [3.8, 4) is 28.8 Å². The molecule has 2 amide bonds. The van der Waals surface area contributed by atoms with Gasteiger partial charge in [0.15, 0.2) is 5.82 Å². The third-order valence-electron chi connectivity index (χ3n) is 5.25. The molecule has 4 rings (SSSR count). The highest BCUT2D eigenvalue weighted by Crippen LogP contribution is 2.32. The number of urea groups is 1. The molecule has 0 atom stereocenters. The van der Waals surface area contributed by atoms with Crippen LogP contribution in [0.3, 0.4) is 0 Å². The molecule has 0 aliphatic rings. The van der Waals surface area contributed by atoms with E-state index in [1.807, 2.05) is 0 Å². The Labute approximate surface area is 216 Å². The summed E-state index contributed by atoms with van der Waals surface area (Å²) >= 11 is 0. The second-order valence-corrected chi connectivity index (χ2v) is 7.91. The van der Waals surface area contributed by atoms with Gasteiger partial charge in [-0.05, 0) is 42.5 Å². The lowest BCUT2D eigenvalue weighted by atomic mass is 10.1. The standard InChI is InChI=1S/C26H24F3N5O4/c1-36-13-14-38-25-32-23(17-9-11-18(12-10-17)26(27,28)29)34(33-25)21-7-3-5-19(15-21)30-24(35)31-20-6-4-8-22(16-20)37-2/h3-12,15-16H,13-14H2,1-2H3,(H2,30,31,35). The molecule has 38 heavy (non-hydrogen) atoms. The highest BCUT2D eigenvalue weighted by atomic mass is 19.4. The third-order valence-corrected chi connectivity index (χ3v) is 5.25. The van der Waals surface area contributed by atoms with Crippen LogP contribution in [-0.4, -0.2) is 48.2 Å². The number of carbonyl (C=O) groups is 1. The Hall–Kier alpha value is -4.58. The van der Waals surface area contributed by atoms with Crippen molar-refractivity contribution in [2.75, 3.05) is 38.1 Å². The summed E-state index contributed by atoms with van der Waals surface area (Å²) in [5.74, 6) is 0.847. The van der Waals surface area contributed by atoms with Crippen LogP contribution in [0.2, 0.25) is 0 Å². The van der Waals surface area contributed by atoms with E-state index in [-0.39, 0.29) is 18.4 Å². The van der Waals surface area contributed by atoms with Gasteiger partial charge in [0, 0.05) is 30.1 Å². The molecule has 0 saturated carbocycles. The summed E-state index contributed by atoms with van der Waals surface area (Å²) in [7, 11) is 3.05. The summed E-state index contributed by atoms with van der Waals surface area (Å²) in [5, 5.41) is 9.84. The monoisotopic (exact) mass is 527 g/mol. The predicted octanol–water partition coefficient (Wildman–Crippen LogP) is 5.63. The Balaban J connectivity index is 1.60. The average molecular weight is 528 g/mol. The number of halogens is 3. The van der Waals surface area contributed by atoms with E-state index >= 15 is 0 Å². The van der Waals surface area contributed by atoms with Gasteiger partial charge in [-0.3, -0.25) is 0 Å². The number of methoxy groups -OCH3 is 2. The maximum Gasteiger partial charge on any atom is 0.416 e. The number of nitrogens with one attached hydrogen (secondary N) is 2. The normalized spacial score (nSPS) is 11.2. The molecule has 0 spiro atoms. The lowest BCUT2D eigenvalue weighted by Gasteiger charge is -2.11. The number of hydrogen-bond acceptors (Lipinski definition) is 6. The number of anilines is 2. The zero-order valence-electron chi connectivity index (χ0n) is 20.5. The van der Waals surface area contributed by atoms with E-state index in [2.05, 4.69) is 20.7 Å². The number of carbonyl (C=O) groups excluding carboxylic acids is 1. The van der Waals surface area contributed by atoms with Crippen molar-refractivity contribution in [3.05, 3.63) is 78.4 Å². The van der Waals surface area contributed by atoms with Crippen molar-refractivity contribution in [2.24, 2.45) is 0 Å². The molecule has 3 aromatic carbocycles. The highest BCUT2D eigenvalue weighted by Gasteiger charge is 2.30. The van der Waals surface area contributed by atoms with Gasteiger partial charge in [-0.25, -0.2) is 9.48 Å². The minimum absolute atomic E-state index is 0.0195. The summed E-state index contributed by atoms with van der Waals surface area (Å²) < 4.78 is 56.3. The van der Waals surface area contributed by atoms with Gasteiger partial charge in [-0.1, -0.05) is 24.3 Å². The molecule has 0 fully saturated rings. The molecule has 0 saturated heterocycles. The van der Waals surface area contributed by atoms with E-state index in [9.17, 15) is 18.0 Å². The Morgan fingerprint density at radius 2 is 1.61 bits per heavy atom. The van der Waals surface area contributed by atoms with Gasteiger partial charge in [-0.15, -0.1) is 5.10 Å². The number of alkyl halides is 3. The Morgan fingerprint density at radius 1 is 0.921 bits per heavy atom. The van der Waals surface area contributed by atoms with Gasteiger partial charge in [0.05, 0.1) is 25.0 Å².